The van der Waals surface area contributed by atoms with Crippen LogP contribution in [-0.2, 0) is 11.2 Å². The maximum atomic E-state index is 5.67. The molecule has 17 heavy (non-hydrogen) atoms. The summed E-state index contributed by atoms with van der Waals surface area (Å²) in [4.78, 5) is 0. The molecule has 2 nitrogen and oxygen atoms in total. The molecule has 0 aliphatic rings. The maximum Gasteiger partial charge on any atom is 0.0626 e. The van der Waals surface area contributed by atoms with Crippen molar-refractivity contribution in [2.24, 2.45) is 0 Å². The largest absolute Gasteiger partial charge is 0.377 e. The Morgan fingerprint density at radius 1 is 1.12 bits per heavy atom. The van der Waals surface area contributed by atoms with Gasteiger partial charge in [0, 0.05) is 6.04 Å². The minimum Gasteiger partial charge on any atom is -0.377 e. The van der Waals surface area contributed by atoms with E-state index in [2.05, 4.69) is 51.2 Å². The fraction of sp³-hybridized carbons (Fsp3) is 0.600. The molecule has 1 N–H and O–H groups in total. The standard InChI is InChI=1S/C15H25NO/c1-11(2)17-10-15(16-5)9-14-7-12(3)6-13(4)8-14/h6-8,11,15-16H,9-10H2,1-5H3. The summed E-state index contributed by atoms with van der Waals surface area (Å²) in [5.74, 6) is 0. The molecule has 1 aromatic rings. The summed E-state index contributed by atoms with van der Waals surface area (Å²) in [5, 5.41) is 3.32. The van der Waals surface area contributed by atoms with Crippen molar-refractivity contribution < 1.29 is 4.74 Å². The summed E-state index contributed by atoms with van der Waals surface area (Å²) >= 11 is 0. The summed E-state index contributed by atoms with van der Waals surface area (Å²) in [6.45, 7) is 9.21. The van der Waals surface area contributed by atoms with Gasteiger partial charge in [0.1, 0.15) is 0 Å². The first kappa shape index (κ1) is 14.2. The second kappa shape index (κ2) is 6.77. The van der Waals surface area contributed by atoms with Gasteiger partial charge >= 0.3 is 0 Å². The third-order valence-corrected chi connectivity index (χ3v) is 2.80. The van der Waals surface area contributed by atoms with Crippen LogP contribution in [0.3, 0.4) is 0 Å². The number of hydrogen-bond donors (Lipinski definition) is 1. The van der Waals surface area contributed by atoms with Crippen molar-refractivity contribution in [1.82, 2.24) is 5.32 Å². The number of ether oxygens (including phenoxy) is 1. The molecule has 0 aliphatic carbocycles. The van der Waals surface area contributed by atoms with Crippen molar-refractivity contribution in [2.75, 3.05) is 13.7 Å². The summed E-state index contributed by atoms with van der Waals surface area (Å²) in [6, 6.07) is 7.11. The van der Waals surface area contributed by atoms with Gasteiger partial charge in [-0.15, -0.1) is 0 Å². The second-order valence-corrected chi connectivity index (χ2v) is 5.07. The number of rotatable bonds is 6. The van der Waals surface area contributed by atoms with E-state index in [9.17, 15) is 0 Å². The average molecular weight is 235 g/mol. The average Bonchev–Trinajstić information content (AvgIpc) is 2.22. The number of likely N-dealkylation sites (N-methyl/N-ethyl adjacent to an activating group) is 1. The highest BCUT2D eigenvalue weighted by Gasteiger charge is 2.09. The second-order valence-electron chi connectivity index (χ2n) is 5.07. The van der Waals surface area contributed by atoms with Gasteiger partial charge in [-0.25, -0.2) is 0 Å². The minimum absolute atomic E-state index is 0.296. The first-order valence-corrected chi connectivity index (χ1v) is 6.37. The van der Waals surface area contributed by atoms with Gasteiger partial charge in [0.2, 0.25) is 0 Å². The molecule has 2 heteroatoms. The lowest BCUT2D eigenvalue weighted by molar-refractivity contribution is 0.0628. The Morgan fingerprint density at radius 2 is 1.71 bits per heavy atom. The van der Waals surface area contributed by atoms with Crippen molar-refractivity contribution in [2.45, 2.75) is 46.3 Å². The third kappa shape index (κ3) is 5.33. The Kier molecular flexibility index (Phi) is 5.66. The molecular formula is C15H25NO. The molecule has 0 saturated heterocycles. The molecule has 1 unspecified atom stereocenters. The highest BCUT2D eigenvalue weighted by Crippen LogP contribution is 2.11. The molecule has 0 aliphatic heterocycles. The first-order chi connectivity index (χ1) is 8.01. The minimum atomic E-state index is 0.296. The lowest BCUT2D eigenvalue weighted by Crippen LogP contribution is -2.33. The van der Waals surface area contributed by atoms with Crippen molar-refractivity contribution in [3.8, 4) is 0 Å². The van der Waals surface area contributed by atoms with Crippen LogP contribution in [-0.4, -0.2) is 25.8 Å². The first-order valence-electron chi connectivity index (χ1n) is 6.37. The number of hydrogen-bond acceptors (Lipinski definition) is 2. The zero-order valence-corrected chi connectivity index (χ0v) is 11.7. The predicted octanol–water partition coefficient (Wildman–Crippen LogP) is 2.86. The maximum absolute atomic E-state index is 5.67. The fourth-order valence-corrected chi connectivity index (χ4v) is 2.02. The molecular weight excluding hydrogens is 210 g/mol. The van der Waals surface area contributed by atoms with Gasteiger partial charge in [0.25, 0.3) is 0 Å². The van der Waals surface area contributed by atoms with Gasteiger partial charge in [-0.05, 0) is 46.7 Å². The Labute approximate surface area is 105 Å². The van der Waals surface area contributed by atoms with Crippen LogP contribution in [0.5, 0.6) is 0 Å². The van der Waals surface area contributed by atoms with Gasteiger partial charge in [0.05, 0.1) is 12.7 Å². The van der Waals surface area contributed by atoms with E-state index in [1.807, 2.05) is 7.05 Å². The van der Waals surface area contributed by atoms with Crippen LogP contribution >= 0.6 is 0 Å². The number of aryl methyl sites for hydroxylation is 2. The van der Waals surface area contributed by atoms with Gasteiger partial charge in [-0.3, -0.25) is 0 Å². The van der Waals surface area contributed by atoms with Crippen molar-refractivity contribution >= 4 is 0 Å². The SMILES string of the molecule is CNC(COC(C)C)Cc1cc(C)cc(C)c1. The summed E-state index contributed by atoms with van der Waals surface area (Å²) in [6.07, 6.45) is 1.32. The fourth-order valence-electron chi connectivity index (χ4n) is 2.02. The molecule has 0 radical (unpaired) electrons. The molecule has 0 spiro atoms. The van der Waals surface area contributed by atoms with Crippen molar-refractivity contribution in [3.05, 3.63) is 34.9 Å². The van der Waals surface area contributed by atoms with Crippen LogP contribution in [0.1, 0.15) is 30.5 Å². The van der Waals surface area contributed by atoms with Gasteiger partial charge in [-0.2, -0.15) is 0 Å². The Hall–Kier alpha value is -0.860. The van der Waals surface area contributed by atoms with Crippen LogP contribution in [0.15, 0.2) is 18.2 Å². The van der Waals surface area contributed by atoms with Crippen LogP contribution < -0.4 is 5.32 Å². The lowest BCUT2D eigenvalue weighted by Gasteiger charge is -2.18. The molecule has 96 valence electrons. The molecule has 0 amide bonds. The monoisotopic (exact) mass is 235 g/mol. The molecule has 0 aromatic heterocycles. The van der Waals surface area contributed by atoms with Crippen molar-refractivity contribution in [3.63, 3.8) is 0 Å². The molecule has 0 fully saturated rings. The van der Waals surface area contributed by atoms with E-state index >= 15 is 0 Å². The summed E-state index contributed by atoms with van der Waals surface area (Å²) in [5.41, 5.74) is 4.05. The van der Waals surface area contributed by atoms with Gasteiger partial charge in [-0.1, -0.05) is 29.3 Å². The van der Waals surface area contributed by atoms with E-state index < -0.39 is 0 Å². The predicted molar refractivity (Wildman–Crippen MR) is 73.6 cm³/mol. The van der Waals surface area contributed by atoms with Crippen LogP contribution in [0, 0.1) is 13.8 Å². The Morgan fingerprint density at radius 3 is 2.18 bits per heavy atom. The van der Waals surface area contributed by atoms with E-state index in [0.29, 0.717) is 12.1 Å². The smallest absolute Gasteiger partial charge is 0.0626 e. The number of benzene rings is 1. The molecule has 1 aromatic carbocycles. The Balaban J connectivity index is 2.60. The highest BCUT2D eigenvalue weighted by molar-refractivity contribution is 5.29. The summed E-state index contributed by atoms with van der Waals surface area (Å²) in [7, 11) is 2.00. The van der Waals surface area contributed by atoms with E-state index in [4.69, 9.17) is 4.74 Å². The third-order valence-electron chi connectivity index (χ3n) is 2.80. The van der Waals surface area contributed by atoms with Gasteiger partial charge < -0.3 is 10.1 Å². The quantitative estimate of drug-likeness (QED) is 0.818. The topological polar surface area (TPSA) is 21.3 Å². The Bertz CT molecular complexity index is 327. The zero-order valence-electron chi connectivity index (χ0n) is 11.7. The van der Waals surface area contributed by atoms with E-state index in [0.717, 1.165) is 13.0 Å². The molecule has 0 bridgehead atoms. The zero-order chi connectivity index (χ0) is 12.8. The number of nitrogens with one attached hydrogen (secondary N) is 1. The van der Waals surface area contributed by atoms with Crippen LogP contribution in [0.25, 0.3) is 0 Å². The van der Waals surface area contributed by atoms with Crippen LogP contribution in [0.4, 0.5) is 0 Å². The van der Waals surface area contributed by atoms with E-state index in [1.165, 1.54) is 16.7 Å². The van der Waals surface area contributed by atoms with Gasteiger partial charge in [0.15, 0.2) is 0 Å². The highest BCUT2D eigenvalue weighted by atomic mass is 16.5. The molecule has 0 saturated carbocycles. The molecule has 1 rings (SSSR count). The van der Waals surface area contributed by atoms with Crippen molar-refractivity contribution in [1.29, 1.82) is 0 Å². The molecule has 1 atom stereocenters. The normalized spacial score (nSPS) is 13.1. The van der Waals surface area contributed by atoms with E-state index in [-0.39, 0.29) is 0 Å². The van der Waals surface area contributed by atoms with E-state index in [1.54, 1.807) is 0 Å². The summed E-state index contributed by atoms with van der Waals surface area (Å²) < 4.78 is 5.67. The van der Waals surface area contributed by atoms with Crippen LogP contribution in [0.2, 0.25) is 0 Å². The molecule has 0 heterocycles. The lowest BCUT2D eigenvalue weighted by atomic mass is 10.0.